The molecular formula is C57H104O6. The molecule has 368 valence electrons. The summed E-state index contributed by atoms with van der Waals surface area (Å²) >= 11 is 0. The van der Waals surface area contributed by atoms with Crippen LogP contribution in [0.3, 0.4) is 0 Å². The topological polar surface area (TPSA) is 78.9 Å². The van der Waals surface area contributed by atoms with E-state index in [4.69, 9.17) is 14.2 Å². The van der Waals surface area contributed by atoms with Crippen molar-refractivity contribution < 1.29 is 28.6 Å². The van der Waals surface area contributed by atoms with Crippen molar-refractivity contribution in [1.82, 2.24) is 0 Å². The van der Waals surface area contributed by atoms with Crippen LogP contribution in [-0.4, -0.2) is 37.2 Å². The maximum Gasteiger partial charge on any atom is 0.306 e. The molecule has 0 saturated heterocycles. The minimum atomic E-state index is -0.778. The third kappa shape index (κ3) is 50.5. The number of esters is 3. The van der Waals surface area contributed by atoms with Gasteiger partial charge in [0.1, 0.15) is 13.2 Å². The van der Waals surface area contributed by atoms with Crippen LogP contribution in [0.1, 0.15) is 290 Å². The second kappa shape index (κ2) is 52.3. The molecule has 0 saturated carbocycles. The van der Waals surface area contributed by atoms with Crippen LogP contribution in [0.15, 0.2) is 36.5 Å². The fourth-order valence-electron chi connectivity index (χ4n) is 7.91. The lowest BCUT2D eigenvalue weighted by Crippen LogP contribution is -2.30. The van der Waals surface area contributed by atoms with Gasteiger partial charge in [-0.3, -0.25) is 14.4 Å². The molecule has 0 amide bonds. The van der Waals surface area contributed by atoms with Crippen molar-refractivity contribution in [2.24, 2.45) is 0 Å². The van der Waals surface area contributed by atoms with Gasteiger partial charge >= 0.3 is 17.9 Å². The highest BCUT2D eigenvalue weighted by atomic mass is 16.6. The normalized spacial score (nSPS) is 12.2. The fraction of sp³-hybridized carbons (Fsp3) is 0.842. The van der Waals surface area contributed by atoms with E-state index in [-0.39, 0.29) is 31.1 Å². The van der Waals surface area contributed by atoms with Crippen LogP contribution >= 0.6 is 0 Å². The molecule has 0 N–H and O–H groups in total. The average Bonchev–Trinajstić information content (AvgIpc) is 3.28. The maximum atomic E-state index is 12.8. The van der Waals surface area contributed by atoms with Crippen molar-refractivity contribution in [1.29, 1.82) is 0 Å². The van der Waals surface area contributed by atoms with Crippen LogP contribution in [0.2, 0.25) is 0 Å². The summed E-state index contributed by atoms with van der Waals surface area (Å²) in [5.74, 6) is -0.888. The number of allylic oxidation sites excluding steroid dienone is 6. The van der Waals surface area contributed by atoms with Crippen LogP contribution in [0.5, 0.6) is 0 Å². The molecule has 0 rings (SSSR count). The molecule has 0 aromatic rings. The average molecular weight is 885 g/mol. The molecule has 0 aromatic heterocycles. The summed E-state index contributed by atoms with van der Waals surface area (Å²) in [7, 11) is 0. The molecular weight excluding hydrogens is 781 g/mol. The van der Waals surface area contributed by atoms with Gasteiger partial charge in [0.2, 0.25) is 0 Å². The zero-order valence-corrected chi connectivity index (χ0v) is 42.1. The number of ether oxygens (including phenoxy) is 3. The first-order valence-electron chi connectivity index (χ1n) is 27.5. The highest BCUT2D eigenvalue weighted by Gasteiger charge is 2.19. The molecule has 0 aliphatic rings. The van der Waals surface area contributed by atoms with E-state index < -0.39 is 6.10 Å². The molecule has 6 heteroatoms. The quantitative estimate of drug-likeness (QED) is 0.0262. The SMILES string of the molecule is CCC/C=C\CCCCCCCC(=O)OCC(COC(=O)CCCCCCCCCCC/C=C\CCCCCCCC)OC(=O)CCCCCCC/C=C\CCCCCCCCC. The third-order valence-corrected chi connectivity index (χ3v) is 12.1. The predicted octanol–water partition coefficient (Wildman–Crippen LogP) is 18.1. The van der Waals surface area contributed by atoms with Crippen LogP contribution < -0.4 is 0 Å². The molecule has 0 spiro atoms. The van der Waals surface area contributed by atoms with E-state index in [1.54, 1.807) is 0 Å². The molecule has 63 heavy (non-hydrogen) atoms. The molecule has 0 fully saturated rings. The van der Waals surface area contributed by atoms with Gasteiger partial charge in [0, 0.05) is 19.3 Å². The number of carbonyl (C=O) groups is 3. The molecule has 0 heterocycles. The Balaban J connectivity index is 4.30. The summed E-state index contributed by atoms with van der Waals surface area (Å²) < 4.78 is 16.8. The molecule has 1 unspecified atom stereocenters. The summed E-state index contributed by atoms with van der Waals surface area (Å²) in [6, 6.07) is 0. The van der Waals surface area contributed by atoms with E-state index in [9.17, 15) is 14.4 Å². The smallest absolute Gasteiger partial charge is 0.306 e. The lowest BCUT2D eigenvalue weighted by molar-refractivity contribution is -0.167. The number of hydrogen-bond donors (Lipinski definition) is 0. The monoisotopic (exact) mass is 885 g/mol. The highest BCUT2D eigenvalue weighted by molar-refractivity contribution is 5.71. The van der Waals surface area contributed by atoms with E-state index in [1.165, 1.54) is 173 Å². The minimum absolute atomic E-state index is 0.0774. The Bertz CT molecular complexity index is 1060. The van der Waals surface area contributed by atoms with E-state index in [0.717, 1.165) is 77.0 Å². The number of unbranched alkanes of at least 4 members (excludes halogenated alkanes) is 33. The zero-order valence-electron chi connectivity index (χ0n) is 42.1. The van der Waals surface area contributed by atoms with E-state index >= 15 is 0 Å². The van der Waals surface area contributed by atoms with Gasteiger partial charge < -0.3 is 14.2 Å². The molecule has 0 aliphatic heterocycles. The Morgan fingerprint density at radius 2 is 0.556 bits per heavy atom. The Morgan fingerprint density at radius 3 is 0.857 bits per heavy atom. The van der Waals surface area contributed by atoms with Crippen molar-refractivity contribution >= 4 is 17.9 Å². The Hall–Kier alpha value is -2.37. The molecule has 0 aliphatic carbocycles. The Kier molecular flexibility index (Phi) is 50.3. The first-order valence-corrected chi connectivity index (χ1v) is 27.5. The molecule has 6 nitrogen and oxygen atoms in total. The Morgan fingerprint density at radius 1 is 0.302 bits per heavy atom. The highest BCUT2D eigenvalue weighted by Crippen LogP contribution is 2.15. The van der Waals surface area contributed by atoms with Gasteiger partial charge in [-0.15, -0.1) is 0 Å². The van der Waals surface area contributed by atoms with E-state index in [0.29, 0.717) is 19.3 Å². The van der Waals surface area contributed by atoms with Crippen LogP contribution in [0.4, 0.5) is 0 Å². The second-order valence-electron chi connectivity index (χ2n) is 18.5. The van der Waals surface area contributed by atoms with Crippen LogP contribution in [0.25, 0.3) is 0 Å². The maximum absolute atomic E-state index is 12.8. The number of rotatable bonds is 50. The van der Waals surface area contributed by atoms with Gasteiger partial charge in [-0.1, -0.05) is 218 Å². The standard InChI is InChI=1S/C57H104O6/c1-4-7-10-13-16-19-22-24-26-28-29-30-32-33-35-38-41-44-47-50-56(59)62-53-54(52-61-55(58)49-46-43-40-37-21-18-15-12-9-6-3)63-57(60)51-48-45-42-39-36-34-31-27-25-23-20-17-14-11-8-5-2/h12,15,24,26-27,31,54H,4-11,13-14,16-23,25,28-30,32-53H2,1-3H3/b15-12-,26-24-,31-27-. The molecule has 1 atom stereocenters. The van der Waals surface area contributed by atoms with E-state index in [1.807, 2.05) is 0 Å². The van der Waals surface area contributed by atoms with Crippen LogP contribution in [-0.2, 0) is 28.6 Å². The van der Waals surface area contributed by atoms with Gasteiger partial charge in [0.05, 0.1) is 0 Å². The van der Waals surface area contributed by atoms with Crippen molar-refractivity contribution in [2.75, 3.05) is 13.2 Å². The van der Waals surface area contributed by atoms with Gasteiger partial charge in [-0.05, 0) is 89.9 Å². The van der Waals surface area contributed by atoms with Gasteiger partial charge in [-0.2, -0.15) is 0 Å². The summed E-state index contributed by atoms with van der Waals surface area (Å²) in [6.07, 6.45) is 61.4. The Labute approximate surface area is 391 Å². The van der Waals surface area contributed by atoms with Gasteiger partial charge in [0.15, 0.2) is 6.10 Å². The summed E-state index contributed by atoms with van der Waals surface area (Å²) in [5.41, 5.74) is 0. The minimum Gasteiger partial charge on any atom is -0.462 e. The molecule has 0 aromatic carbocycles. The van der Waals surface area contributed by atoms with Crippen molar-refractivity contribution in [3.05, 3.63) is 36.5 Å². The third-order valence-electron chi connectivity index (χ3n) is 12.1. The van der Waals surface area contributed by atoms with Crippen molar-refractivity contribution in [2.45, 2.75) is 297 Å². The second-order valence-corrected chi connectivity index (χ2v) is 18.5. The summed E-state index contributed by atoms with van der Waals surface area (Å²) in [5, 5.41) is 0. The molecule has 0 radical (unpaired) electrons. The van der Waals surface area contributed by atoms with E-state index in [2.05, 4.69) is 57.2 Å². The summed E-state index contributed by atoms with van der Waals surface area (Å²) in [6.45, 7) is 6.58. The lowest BCUT2D eigenvalue weighted by Gasteiger charge is -2.18. The summed E-state index contributed by atoms with van der Waals surface area (Å²) in [4.78, 5) is 38.0. The number of hydrogen-bond acceptors (Lipinski definition) is 6. The largest absolute Gasteiger partial charge is 0.462 e. The number of carbonyl (C=O) groups excluding carboxylic acids is 3. The van der Waals surface area contributed by atoms with Crippen molar-refractivity contribution in [3.8, 4) is 0 Å². The fourth-order valence-corrected chi connectivity index (χ4v) is 7.91. The predicted molar refractivity (Wildman–Crippen MR) is 270 cm³/mol. The first kappa shape index (κ1) is 60.6. The van der Waals surface area contributed by atoms with Crippen molar-refractivity contribution in [3.63, 3.8) is 0 Å². The van der Waals surface area contributed by atoms with Gasteiger partial charge in [-0.25, -0.2) is 0 Å². The lowest BCUT2D eigenvalue weighted by atomic mass is 10.1. The first-order chi connectivity index (χ1) is 31.0. The van der Waals surface area contributed by atoms with Crippen LogP contribution in [0, 0.1) is 0 Å². The zero-order chi connectivity index (χ0) is 45.8. The van der Waals surface area contributed by atoms with Gasteiger partial charge in [0.25, 0.3) is 0 Å². The molecule has 0 bridgehead atoms.